The van der Waals surface area contributed by atoms with Gasteiger partial charge in [0.1, 0.15) is 17.9 Å². The van der Waals surface area contributed by atoms with Gasteiger partial charge in [0, 0.05) is 10.6 Å². The number of carbonyl (C=O) groups excluding carboxylic acids is 2. The van der Waals surface area contributed by atoms with Crippen LogP contribution in [0.3, 0.4) is 0 Å². The fourth-order valence-electron chi connectivity index (χ4n) is 2.98. The van der Waals surface area contributed by atoms with E-state index in [4.69, 9.17) is 27.9 Å². The Labute approximate surface area is 183 Å². The molecule has 0 N–H and O–H groups in total. The van der Waals surface area contributed by atoms with Gasteiger partial charge in [0.15, 0.2) is 0 Å². The van der Waals surface area contributed by atoms with Crippen LogP contribution < -0.4 is 4.74 Å². The van der Waals surface area contributed by atoms with E-state index in [1.165, 1.54) is 32.4 Å². The van der Waals surface area contributed by atoms with E-state index in [1.807, 2.05) is 42.5 Å². The molecule has 0 spiro atoms. The highest BCUT2D eigenvalue weighted by Crippen LogP contribution is 2.35. The zero-order valence-corrected chi connectivity index (χ0v) is 17.8. The van der Waals surface area contributed by atoms with Crippen molar-refractivity contribution in [3.63, 3.8) is 0 Å². The third-order valence-electron chi connectivity index (χ3n) is 4.40. The molecule has 0 aromatic heterocycles. The Hall–Kier alpha value is -3.02. The Morgan fingerprint density at radius 2 is 1.60 bits per heavy atom. The molecule has 0 bridgehead atoms. The molecule has 0 aliphatic rings. The number of hydrogen-bond donors (Lipinski definition) is 0. The molecule has 0 aliphatic carbocycles. The van der Waals surface area contributed by atoms with E-state index >= 15 is 0 Å². The molecular formula is C23H18Cl2O5. The van der Waals surface area contributed by atoms with Gasteiger partial charge < -0.3 is 14.2 Å². The minimum atomic E-state index is -0.849. The topological polar surface area (TPSA) is 61.8 Å². The van der Waals surface area contributed by atoms with Crippen LogP contribution >= 0.6 is 23.2 Å². The van der Waals surface area contributed by atoms with Gasteiger partial charge in [0.2, 0.25) is 0 Å². The van der Waals surface area contributed by atoms with Gasteiger partial charge >= 0.3 is 11.9 Å². The van der Waals surface area contributed by atoms with Crippen molar-refractivity contribution >= 4 is 52.0 Å². The highest BCUT2D eigenvalue weighted by Gasteiger charge is 2.21. The summed E-state index contributed by atoms with van der Waals surface area (Å²) in [5.74, 6) is -1.42. The summed E-state index contributed by atoms with van der Waals surface area (Å²) in [6, 6.07) is 16.9. The zero-order chi connectivity index (χ0) is 21.7. The van der Waals surface area contributed by atoms with E-state index in [1.54, 1.807) is 0 Å². The van der Waals surface area contributed by atoms with Crippen LogP contribution in [0.4, 0.5) is 0 Å². The first-order valence-corrected chi connectivity index (χ1v) is 9.67. The number of fused-ring (bicyclic) bond motifs is 1. The molecule has 0 heterocycles. The van der Waals surface area contributed by atoms with Gasteiger partial charge in [-0.1, -0.05) is 65.7 Å². The third kappa shape index (κ3) is 4.75. The van der Waals surface area contributed by atoms with Crippen molar-refractivity contribution < 1.29 is 23.8 Å². The lowest BCUT2D eigenvalue weighted by molar-refractivity contribution is -0.143. The second-order valence-corrected chi connectivity index (χ2v) is 7.12. The molecule has 3 aromatic rings. The highest BCUT2D eigenvalue weighted by molar-refractivity contribution is 6.36. The van der Waals surface area contributed by atoms with Crippen molar-refractivity contribution in [2.75, 3.05) is 14.2 Å². The van der Waals surface area contributed by atoms with Crippen LogP contribution in [0.5, 0.6) is 5.75 Å². The minimum absolute atomic E-state index is 0.218. The summed E-state index contributed by atoms with van der Waals surface area (Å²) in [6.07, 6.45) is 1.29. The van der Waals surface area contributed by atoms with Crippen molar-refractivity contribution in [1.29, 1.82) is 0 Å². The van der Waals surface area contributed by atoms with E-state index in [0.717, 1.165) is 16.3 Å². The molecule has 0 saturated carbocycles. The zero-order valence-electron chi connectivity index (χ0n) is 16.3. The molecule has 0 amide bonds. The Kier molecular flexibility index (Phi) is 6.98. The third-order valence-corrected chi connectivity index (χ3v) is 4.90. The molecule has 5 nitrogen and oxygen atoms in total. The van der Waals surface area contributed by atoms with E-state index < -0.39 is 11.9 Å². The van der Waals surface area contributed by atoms with Crippen molar-refractivity contribution in [2.45, 2.75) is 6.61 Å². The predicted octanol–water partition coefficient (Wildman–Crippen LogP) is 5.46. The number of benzene rings is 3. The van der Waals surface area contributed by atoms with Crippen molar-refractivity contribution in [3.8, 4) is 5.75 Å². The predicted molar refractivity (Wildman–Crippen MR) is 117 cm³/mol. The molecule has 3 aromatic carbocycles. The van der Waals surface area contributed by atoms with Gasteiger partial charge in [-0.25, -0.2) is 9.59 Å². The summed E-state index contributed by atoms with van der Waals surface area (Å²) in [7, 11) is 2.34. The molecular weight excluding hydrogens is 427 g/mol. The van der Waals surface area contributed by atoms with Gasteiger partial charge in [-0.2, -0.15) is 0 Å². The molecule has 0 saturated heterocycles. The van der Waals surface area contributed by atoms with Crippen molar-refractivity contribution in [2.24, 2.45) is 0 Å². The molecule has 0 radical (unpaired) electrons. The quantitative estimate of drug-likeness (QED) is 0.218. The van der Waals surface area contributed by atoms with Crippen LogP contribution in [0.2, 0.25) is 10.0 Å². The molecule has 0 fully saturated rings. The van der Waals surface area contributed by atoms with E-state index in [0.29, 0.717) is 10.6 Å². The number of ether oxygens (including phenoxy) is 3. The Balaban J connectivity index is 2.02. The average molecular weight is 445 g/mol. The van der Waals surface area contributed by atoms with Crippen molar-refractivity contribution in [1.82, 2.24) is 0 Å². The summed E-state index contributed by atoms with van der Waals surface area (Å²) < 4.78 is 15.3. The van der Waals surface area contributed by atoms with Gasteiger partial charge in [0.25, 0.3) is 0 Å². The molecule has 0 atom stereocenters. The summed E-state index contributed by atoms with van der Waals surface area (Å²) in [5.41, 5.74) is 0.988. The molecule has 7 heteroatoms. The number of carbonyl (C=O) groups is 2. The molecule has 0 unspecified atom stereocenters. The number of hydrogen-bond acceptors (Lipinski definition) is 5. The van der Waals surface area contributed by atoms with E-state index in [-0.39, 0.29) is 23.0 Å². The summed E-state index contributed by atoms with van der Waals surface area (Å²) in [5, 5.41) is 2.69. The standard InChI is InChI=1S/C23H18Cl2O5/c1-28-22(26)19(23(27)29-2)11-16-10-17(24)12-20(25)21(16)30-13-15-8-5-7-14-6-3-4-9-18(14)15/h3-12H,13H2,1-2H3. The summed E-state index contributed by atoms with van der Waals surface area (Å²) in [6.45, 7) is 0.218. The number of halogens is 2. The maximum absolute atomic E-state index is 12.0. The SMILES string of the molecule is COC(=O)C(=Cc1cc(Cl)cc(Cl)c1OCc1cccc2ccccc12)C(=O)OC. The Bertz CT molecular complexity index is 1110. The van der Waals surface area contributed by atoms with Crippen LogP contribution in [-0.2, 0) is 25.7 Å². The fraction of sp³-hybridized carbons (Fsp3) is 0.130. The second-order valence-electron chi connectivity index (χ2n) is 6.27. The van der Waals surface area contributed by atoms with Crippen LogP contribution in [0.15, 0.2) is 60.2 Å². The van der Waals surface area contributed by atoms with Gasteiger partial charge in [-0.15, -0.1) is 0 Å². The molecule has 3 rings (SSSR count). The van der Waals surface area contributed by atoms with Crippen molar-refractivity contribution in [3.05, 3.63) is 81.3 Å². The summed E-state index contributed by atoms with van der Waals surface area (Å²) in [4.78, 5) is 24.1. The van der Waals surface area contributed by atoms with Gasteiger partial charge in [0.05, 0.1) is 19.2 Å². The van der Waals surface area contributed by atoms with Gasteiger partial charge in [-0.3, -0.25) is 0 Å². The highest BCUT2D eigenvalue weighted by atomic mass is 35.5. The van der Waals surface area contributed by atoms with Crippen LogP contribution in [0, 0.1) is 0 Å². The minimum Gasteiger partial charge on any atom is -0.487 e. The monoisotopic (exact) mass is 444 g/mol. The first kappa shape index (κ1) is 21.7. The van der Waals surface area contributed by atoms with E-state index in [9.17, 15) is 9.59 Å². The normalized spacial score (nSPS) is 10.4. The maximum Gasteiger partial charge on any atom is 0.345 e. The first-order chi connectivity index (χ1) is 14.4. The first-order valence-electron chi connectivity index (χ1n) is 8.91. The lowest BCUT2D eigenvalue weighted by Gasteiger charge is -2.14. The largest absolute Gasteiger partial charge is 0.487 e. The summed E-state index contributed by atoms with van der Waals surface area (Å²) >= 11 is 12.5. The lowest BCUT2D eigenvalue weighted by atomic mass is 10.1. The van der Waals surface area contributed by atoms with Crippen LogP contribution in [0.1, 0.15) is 11.1 Å². The van der Waals surface area contributed by atoms with Gasteiger partial charge in [-0.05, 0) is 34.5 Å². The second kappa shape index (κ2) is 9.65. The Morgan fingerprint density at radius 1 is 0.933 bits per heavy atom. The smallest absolute Gasteiger partial charge is 0.345 e. The molecule has 30 heavy (non-hydrogen) atoms. The molecule has 0 aliphatic heterocycles. The number of rotatable bonds is 6. The van der Waals surface area contributed by atoms with E-state index in [2.05, 4.69) is 9.47 Å². The maximum atomic E-state index is 12.0. The Morgan fingerprint density at radius 3 is 2.30 bits per heavy atom. The van der Waals surface area contributed by atoms with Crippen LogP contribution in [0.25, 0.3) is 16.8 Å². The fourth-order valence-corrected chi connectivity index (χ4v) is 3.55. The average Bonchev–Trinajstić information content (AvgIpc) is 2.75. The number of esters is 2. The molecule has 154 valence electrons. The number of methoxy groups -OCH3 is 2. The van der Waals surface area contributed by atoms with Crippen LogP contribution in [-0.4, -0.2) is 26.2 Å². The lowest BCUT2D eigenvalue weighted by Crippen LogP contribution is -2.15.